The summed E-state index contributed by atoms with van der Waals surface area (Å²) in [6.07, 6.45) is 0. The Kier molecular flexibility index (Phi) is 5.82. The maximum atomic E-state index is 10.8. The van der Waals surface area contributed by atoms with Gasteiger partial charge in [-0.3, -0.25) is 10.1 Å². The standard InChI is InChI=1S/C7H15N3O3/c1-5(4-13-2)9-3-6(11)10-7(8)12/h5,9H,3-4H2,1-2H3,(H3,8,10,11,12). The first-order valence-corrected chi connectivity index (χ1v) is 3.88. The third kappa shape index (κ3) is 7.23. The zero-order valence-corrected chi connectivity index (χ0v) is 7.79. The lowest BCUT2D eigenvalue weighted by molar-refractivity contribution is -0.119. The van der Waals surface area contributed by atoms with Gasteiger partial charge in [0.15, 0.2) is 0 Å². The van der Waals surface area contributed by atoms with Crippen LogP contribution in [0, 0.1) is 0 Å². The monoisotopic (exact) mass is 189 g/mol. The molecule has 0 spiro atoms. The summed E-state index contributed by atoms with van der Waals surface area (Å²) in [6, 6.07) is -0.783. The summed E-state index contributed by atoms with van der Waals surface area (Å²) < 4.78 is 4.83. The van der Waals surface area contributed by atoms with E-state index in [4.69, 9.17) is 10.5 Å². The maximum absolute atomic E-state index is 10.8. The third-order valence-electron chi connectivity index (χ3n) is 1.29. The highest BCUT2D eigenvalue weighted by Crippen LogP contribution is 1.80. The zero-order chi connectivity index (χ0) is 10.3. The van der Waals surface area contributed by atoms with Gasteiger partial charge in [-0.05, 0) is 6.92 Å². The van der Waals surface area contributed by atoms with E-state index in [1.165, 1.54) is 0 Å². The molecule has 0 aromatic heterocycles. The first-order valence-electron chi connectivity index (χ1n) is 3.88. The van der Waals surface area contributed by atoms with Gasteiger partial charge in [-0.25, -0.2) is 4.79 Å². The van der Waals surface area contributed by atoms with Gasteiger partial charge in [0, 0.05) is 13.2 Å². The van der Waals surface area contributed by atoms with Gasteiger partial charge in [0.2, 0.25) is 5.91 Å². The molecule has 0 saturated carbocycles. The van der Waals surface area contributed by atoms with E-state index in [0.29, 0.717) is 6.61 Å². The number of carbonyl (C=O) groups excluding carboxylic acids is 2. The van der Waals surface area contributed by atoms with Crippen LogP contribution in [0.2, 0.25) is 0 Å². The Bertz CT molecular complexity index is 184. The van der Waals surface area contributed by atoms with Crippen LogP contribution >= 0.6 is 0 Å². The van der Waals surface area contributed by atoms with Crippen LogP contribution in [-0.2, 0) is 9.53 Å². The fourth-order valence-electron chi connectivity index (χ4n) is 0.757. The molecular weight excluding hydrogens is 174 g/mol. The van der Waals surface area contributed by atoms with Gasteiger partial charge in [-0.15, -0.1) is 0 Å². The number of urea groups is 1. The molecule has 0 saturated heterocycles. The molecule has 0 aliphatic heterocycles. The van der Waals surface area contributed by atoms with Gasteiger partial charge < -0.3 is 15.8 Å². The van der Waals surface area contributed by atoms with Crippen molar-refractivity contribution in [2.75, 3.05) is 20.3 Å². The SMILES string of the molecule is COCC(C)NCC(=O)NC(N)=O. The van der Waals surface area contributed by atoms with Crippen LogP contribution in [-0.4, -0.2) is 38.2 Å². The van der Waals surface area contributed by atoms with Crippen LogP contribution in [0.3, 0.4) is 0 Å². The van der Waals surface area contributed by atoms with Crippen molar-refractivity contribution < 1.29 is 14.3 Å². The normalized spacial score (nSPS) is 12.2. The molecule has 0 fully saturated rings. The summed E-state index contributed by atoms with van der Waals surface area (Å²) >= 11 is 0. The zero-order valence-electron chi connectivity index (χ0n) is 7.79. The molecule has 6 heteroatoms. The van der Waals surface area contributed by atoms with E-state index in [-0.39, 0.29) is 12.6 Å². The Balaban J connectivity index is 3.51. The average Bonchev–Trinajstić information content (AvgIpc) is 2.00. The minimum absolute atomic E-state index is 0.0491. The van der Waals surface area contributed by atoms with E-state index >= 15 is 0 Å². The molecule has 1 atom stereocenters. The van der Waals surface area contributed by atoms with E-state index in [1.807, 2.05) is 12.2 Å². The molecule has 0 radical (unpaired) electrons. The number of nitrogens with two attached hydrogens (primary N) is 1. The molecular formula is C7H15N3O3. The van der Waals surface area contributed by atoms with E-state index < -0.39 is 11.9 Å². The predicted molar refractivity (Wildman–Crippen MR) is 47.1 cm³/mol. The lowest BCUT2D eigenvalue weighted by Gasteiger charge is -2.11. The highest BCUT2D eigenvalue weighted by Gasteiger charge is 2.06. The average molecular weight is 189 g/mol. The third-order valence-corrected chi connectivity index (χ3v) is 1.29. The lowest BCUT2D eigenvalue weighted by atomic mass is 10.3. The van der Waals surface area contributed by atoms with Crippen molar-refractivity contribution in [1.29, 1.82) is 0 Å². The Morgan fingerprint density at radius 1 is 1.54 bits per heavy atom. The van der Waals surface area contributed by atoms with Crippen molar-refractivity contribution >= 4 is 11.9 Å². The van der Waals surface area contributed by atoms with Crippen molar-refractivity contribution in [3.8, 4) is 0 Å². The van der Waals surface area contributed by atoms with Crippen molar-refractivity contribution in [3.63, 3.8) is 0 Å². The summed E-state index contributed by atoms with van der Waals surface area (Å²) in [4.78, 5) is 21.1. The number of methoxy groups -OCH3 is 1. The highest BCUT2D eigenvalue weighted by molar-refractivity contribution is 5.94. The van der Waals surface area contributed by atoms with E-state index in [0.717, 1.165) is 0 Å². The molecule has 0 rings (SSSR count). The van der Waals surface area contributed by atoms with E-state index in [1.54, 1.807) is 7.11 Å². The number of amides is 3. The number of nitrogens with one attached hydrogen (secondary N) is 2. The molecule has 13 heavy (non-hydrogen) atoms. The maximum Gasteiger partial charge on any atom is 0.318 e. The van der Waals surface area contributed by atoms with Crippen LogP contribution in [0.5, 0.6) is 0 Å². The second-order valence-electron chi connectivity index (χ2n) is 2.65. The molecule has 0 aliphatic rings. The fourth-order valence-corrected chi connectivity index (χ4v) is 0.757. The van der Waals surface area contributed by atoms with Gasteiger partial charge in [0.1, 0.15) is 0 Å². The smallest absolute Gasteiger partial charge is 0.318 e. The molecule has 1 unspecified atom stereocenters. The first-order chi connectivity index (χ1) is 6.06. The highest BCUT2D eigenvalue weighted by atomic mass is 16.5. The van der Waals surface area contributed by atoms with Crippen molar-refractivity contribution in [1.82, 2.24) is 10.6 Å². The van der Waals surface area contributed by atoms with E-state index in [9.17, 15) is 9.59 Å². The summed E-state index contributed by atoms with van der Waals surface area (Å²) in [6.45, 7) is 2.42. The molecule has 3 amide bonds. The largest absolute Gasteiger partial charge is 0.383 e. The number of ether oxygens (including phenoxy) is 1. The topological polar surface area (TPSA) is 93.4 Å². The second-order valence-corrected chi connectivity index (χ2v) is 2.65. The Morgan fingerprint density at radius 3 is 2.62 bits per heavy atom. The van der Waals surface area contributed by atoms with Crippen LogP contribution in [0.15, 0.2) is 0 Å². The van der Waals surface area contributed by atoms with Crippen LogP contribution in [0.1, 0.15) is 6.92 Å². The number of rotatable bonds is 5. The quantitative estimate of drug-likeness (QED) is 0.506. The molecule has 0 aliphatic carbocycles. The number of hydrogen-bond donors (Lipinski definition) is 3. The Hall–Kier alpha value is -1.14. The van der Waals surface area contributed by atoms with Crippen molar-refractivity contribution in [2.24, 2.45) is 5.73 Å². The van der Waals surface area contributed by atoms with Crippen LogP contribution < -0.4 is 16.4 Å². The summed E-state index contributed by atoms with van der Waals surface area (Å²) in [5.41, 5.74) is 4.74. The van der Waals surface area contributed by atoms with E-state index in [2.05, 4.69) is 5.32 Å². The summed E-state index contributed by atoms with van der Waals surface area (Å²) in [7, 11) is 1.57. The number of imide groups is 1. The first kappa shape index (κ1) is 11.9. The number of hydrogen-bond acceptors (Lipinski definition) is 4. The van der Waals surface area contributed by atoms with Gasteiger partial charge in [-0.1, -0.05) is 0 Å². The molecule has 76 valence electrons. The molecule has 0 aromatic carbocycles. The molecule has 0 bridgehead atoms. The van der Waals surface area contributed by atoms with Gasteiger partial charge in [-0.2, -0.15) is 0 Å². The van der Waals surface area contributed by atoms with Gasteiger partial charge in [0.05, 0.1) is 13.2 Å². The molecule has 0 heterocycles. The lowest BCUT2D eigenvalue weighted by Crippen LogP contribution is -2.43. The number of primary amides is 1. The predicted octanol–water partition coefficient (Wildman–Crippen LogP) is -1.19. The van der Waals surface area contributed by atoms with Gasteiger partial charge in [0.25, 0.3) is 0 Å². The van der Waals surface area contributed by atoms with Crippen LogP contribution in [0.4, 0.5) is 4.79 Å². The summed E-state index contributed by atoms with van der Waals surface area (Å²) in [5, 5.41) is 4.78. The summed E-state index contributed by atoms with van der Waals surface area (Å²) in [5.74, 6) is -0.449. The molecule has 4 N–H and O–H groups in total. The van der Waals surface area contributed by atoms with Crippen molar-refractivity contribution in [3.05, 3.63) is 0 Å². The van der Waals surface area contributed by atoms with Crippen molar-refractivity contribution in [2.45, 2.75) is 13.0 Å². The fraction of sp³-hybridized carbons (Fsp3) is 0.714. The minimum Gasteiger partial charge on any atom is -0.383 e. The Labute approximate surface area is 76.8 Å². The molecule has 0 aromatic rings. The second kappa shape index (κ2) is 6.38. The van der Waals surface area contributed by atoms with Gasteiger partial charge >= 0.3 is 6.03 Å². The molecule has 6 nitrogen and oxygen atoms in total. The number of carbonyl (C=O) groups is 2. The minimum atomic E-state index is -0.841. The van der Waals surface area contributed by atoms with Crippen LogP contribution in [0.25, 0.3) is 0 Å². The Morgan fingerprint density at radius 2 is 2.15 bits per heavy atom.